The third-order valence-corrected chi connectivity index (χ3v) is 4.16. The van der Waals surface area contributed by atoms with Crippen molar-refractivity contribution < 1.29 is 14.0 Å². The molecule has 0 saturated carbocycles. The van der Waals surface area contributed by atoms with Crippen LogP contribution in [0.15, 0.2) is 47.1 Å². The van der Waals surface area contributed by atoms with E-state index in [0.29, 0.717) is 24.3 Å². The smallest absolute Gasteiger partial charge is 0.321 e. The molecule has 6 nitrogen and oxygen atoms in total. The maximum atomic E-state index is 12.3. The molecule has 1 saturated heterocycles. The molecule has 1 fully saturated rings. The van der Waals surface area contributed by atoms with Gasteiger partial charge in [-0.15, -0.1) is 0 Å². The number of amides is 2. The van der Waals surface area contributed by atoms with E-state index < -0.39 is 0 Å². The second kappa shape index (κ2) is 7.31. The lowest BCUT2D eigenvalue weighted by molar-refractivity contribution is 0.101. The maximum Gasteiger partial charge on any atom is 0.321 e. The van der Waals surface area contributed by atoms with Crippen molar-refractivity contribution in [1.82, 2.24) is 9.80 Å². The Morgan fingerprint density at radius 3 is 2.38 bits per heavy atom. The van der Waals surface area contributed by atoms with Crippen LogP contribution in [0.3, 0.4) is 0 Å². The van der Waals surface area contributed by atoms with Crippen LogP contribution in [0.4, 0.5) is 10.5 Å². The summed E-state index contributed by atoms with van der Waals surface area (Å²) in [5.74, 6) is 0.957. The predicted molar refractivity (Wildman–Crippen MR) is 91.0 cm³/mol. The maximum absolute atomic E-state index is 12.3. The first-order valence-electron chi connectivity index (χ1n) is 8.03. The molecule has 1 aliphatic heterocycles. The zero-order valence-electron chi connectivity index (χ0n) is 13.7. The zero-order valence-corrected chi connectivity index (χ0v) is 13.7. The number of piperazine rings is 1. The highest BCUT2D eigenvalue weighted by atomic mass is 16.3. The molecule has 1 aromatic heterocycles. The van der Waals surface area contributed by atoms with Crippen molar-refractivity contribution in [3.05, 3.63) is 54.0 Å². The molecule has 6 heteroatoms. The first-order valence-corrected chi connectivity index (χ1v) is 8.03. The molecule has 0 atom stereocenters. The number of benzene rings is 1. The minimum atomic E-state index is -0.108. The van der Waals surface area contributed by atoms with E-state index in [4.69, 9.17) is 4.42 Å². The Labute approximate surface area is 141 Å². The van der Waals surface area contributed by atoms with Gasteiger partial charge in [0.1, 0.15) is 5.76 Å². The standard InChI is InChI=1S/C18H21N3O3/c1-14(22)15-4-6-16(7-5-15)19-18(23)21-10-8-20(9-11-21)13-17-3-2-12-24-17/h2-7,12H,8-11,13H2,1H3,(H,19,23). The number of nitrogens with one attached hydrogen (secondary N) is 1. The van der Waals surface area contributed by atoms with E-state index >= 15 is 0 Å². The number of rotatable bonds is 4. The third kappa shape index (κ3) is 4.02. The highest BCUT2D eigenvalue weighted by Gasteiger charge is 2.21. The van der Waals surface area contributed by atoms with Gasteiger partial charge in [0.05, 0.1) is 12.8 Å². The van der Waals surface area contributed by atoms with Crippen LogP contribution in [0.2, 0.25) is 0 Å². The lowest BCUT2D eigenvalue weighted by Gasteiger charge is -2.34. The molecule has 1 aromatic carbocycles. The second-order valence-corrected chi connectivity index (χ2v) is 5.91. The lowest BCUT2D eigenvalue weighted by atomic mass is 10.1. The van der Waals surface area contributed by atoms with Gasteiger partial charge in [-0.1, -0.05) is 0 Å². The molecule has 1 aliphatic rings. The van der Waals surface area contributed by atoms with Crippen molar-refractivity contribution >= 4 is 17.5 Å². The van der Waals surface area contributed by atoms with Crippen LogP contribution in [-0.2, 0) is 6.54 Å². The fourth-order valence-electron chi connectivity index (χ4n) is 2.72. The van der Waals surface area contributed by atoms with Gasteiger partial charge < -0.3 is 14.6 Å². The second-order valence-electron chi connectivity index (χ2n) is 5.91. The minimum Gasteiger partial charge on any atom is -0.468 e. The number of furan rings is 1. The zero-order chi connectivity index (χ0) is 16.9. The van der Waals surface area contributed by atoms with Gasteiger partial charge in [-0.05, 0) is 43.3 Å². The minimum absolute atomic E-state index is 0.0144. The number of carbonyl (C=O) groups is 2. The molecular weight excluding hydrogens is 306 g/mol. The topological polar surface area (TPSA) is 65.8 Å². The highest BCUT2D eigenvalue weighted by molar-refractivity contribution is 5.95. The number of hydrogen-bond donors (Lipinski definition) is 1. The van der Waals surface area contributed by atoms with Crippen LogP contribution in [-0.4, -0.2) is 47.8 Å². The van der Waals surface area contributed by atoms with Gasteiger partial charge in [-0.25, -0.2) is 4.79 Å². The molecular formula is C18H21N3O3. The first-order chi connectivity index (χ1) is 11.6. The molecule has 0 unspecified atom stereocenters. The molecule has 3 rings (SSSR count). The van der Waals surface area contributed by atoms with Gasteiger partial charge in [-0.2, -0.15) is 0 Å². The van der Waals surface area contributed by atoms with Crippen molar-refractivity contribution in [3.63, 3.8) is 0 Å². The summed E-state index contributed by atoms with van der Waals surface area (Å²) in [4.78, 5) is 27.7. The van der Waals surface area contributed by atoms with Gasteiger partial charge in [0.25, 0.3) is 0 Å². The molecule has 2 amide bonds. The van der Waals surface area contributed by atoms with E-state index in [1.54, 1.807) is 35.4 Å². The molecule has 2 aromatic rings. The largest absolute Gasteiger partial charge is 0.468 e. The summed E-state index contributed by atoms with van der Waals surface area (Å²) in [6.07, 6.45) is 1.68. The molecule has 0 bridgehead atoms. The molecule has 1 N–H and O–H groups in total. The average molecular weight is 327 g/mol. The Bertz CT molecular complexity index is 687. The fraction of sp³-hybridized carbons (Fsp3) is 0.333. The Balaban J connectivity index is 1.49. The van der Waals surface area contributed by atoms with Crippen molar-refractivity contribution in [1.29, 1.82) is 0 Å². The lowest BCUT2D eigenvalue weighted by Crippen LogP contribution is -2.49. The van der Waals surface area contributed by atoms with E-state index in [2.05, 4.69) is 10.2 Å². The molecule has 2 heterocycles. The van der Waals surface area contributed by atoms with E-state index in [1.807, 2.05) is 12.1 Å². The molecule has 0 aliphatic carbocycles. The number of hydrogen-bond acceptors (Lipinski definition) is 4. The monoisotopic (exact) mass is 327 g/mol. The van der Waals surface area contributed by atoms with Crippen LogP contribution in [0.25, 0.3) is 0 Å². The Hall–Kier alpha value is -2.60. The van der Waals surface area contributed by atoms with E-state index in [9.17, 15) is 9.59 Å². The fourth-order valence-corrected chi connectivity index (χ4v) is 2.72. The van der Waals surface area contributed by atoms with Gasteiger partial charge in [0.2, 0.25) is 0 Å². The van der Waals surface area contributed by atoms with Crippen molar-refractivity contribution in [3.8, 4) is 0 Å². The van der Waals surface area contributed by atoms with Crippen molar-refractivity contribution in [2.75, 3.05) is 31.5 Å². The quantitative estimate of drug-likeness (QED) is 0.877. The predicted octanol–water partition coefficient (Wildman–Crippen LogP) is 2.83. The van der Waals surface area contributed by atoms with Gasteiger partial charge in [0, 0.05) is 37.4 Å². The highest BCUT2D eigenvalue weighted by Crippen LogP contribution is 2.13. The van der Waals surface area contributed by atoms with E-state index in [0.717, 1.165) is 25.4 Å². The third-order valence-electron chi connectivity index (χ3n) is 4.16. The number of ketones is 1. The van der Waals surface area contributed by atoms with E-state index in [1.165, 1.54) is 6.92 Å². The summed E-state index contributed by atoms with van der Waals surface area (Å²) < 4.78 is 5.36. The average Bonchev–Trinajstić information content (AvgIpc) is 3.09. The van der Waals surface area contributed by atoms with Crippen molar-refractivity contribution in [2.24, 2.45) is 0 Å². The van der Waals surface area contributed by atoms with Crippen LogP contribution in [0, 0.1) is 0 Å². The Morgan fingerprint density at radius 1 is 1.08 bits per heavy atom. The summed E-state index contributed by atoms with van der Waals surface area (Å²) >= 11 is 0. The summed E-state index contributed by atoms with van der Waals surface area (Å²) in [7, 11) is 0. The molecule has 126 valence electrons. The summed E-state index contributed by atoms with van der Waals surface area (Å²) in [5.41, 5.74) is 1.34. The summed E-state index contributed by atoms with van der Waals surface area (Å²) in [5, 5.41) is 2.88. The number of Topliss-reactive ketones (excluding diaryl/α,β-unsaturated/α-hetero) is 1. The Morgan fingerprint density at radius 2 is 1.79 bits per heavy atom. The van der Waals surface area contributed by atoms with Crippen LogP contribution >= 0.6 is 0 Å². The van der Waals surface area contributed by atoms with Crippen LogP contribution < -0.4 is 5.32 Å². The molecule has 0 spiro atoms. The normalized spacial score (nSPS) is 15.3. The van der Waals surface area contributed by atoms with Crippen molar-refractivity contribution in [2.45, 2.75) is 13.5 Å². The number of anilines is 1. The summed E-state index contributed by atoms with van der Waals surface area (Å²) in [6, 6.07) is 10.7. The number of nitrogens with zero attached hydrogens (tertiary/aromatic N) is 2. The van der Waals surface area contributed by atoms with Crippen LogP contribution in [0.5, 0.6) is 0 Å². The summed E-state index contributed by atoms with van der Waals surface area (Å²) in [6.45, 7) is 5.29. The van der Waals surface area contributed by atoms with E-state index in [-0.39, 0.29) is 11.8 Å². The molecule has 24 heavy (non-hydrogen) atoms. The van der Waals surface area contributed by atoms with Crippen LogP contribution in [0.1, 0.15) is 23.0 Å². The van der Waals surface area contributed by atoms with Gasteiger partial charge in [0.15, 0.2) is 5.78 Å². The number of urea groups is 1. The van der Waals surface area contributed by atoms with Gasteiger partial charge >= 0.3 is 6.03 Å². The molecule has 0 radical (unpaired) electrons. The SMILES string of the molecule is CC(=O)c1ccc(NC(=O)N2CCN(Cc3ccco3)CC2)cc1. The first kappa shape index (κ1) is 16.3. The Kier molecular flexibility index (Phi) is 4.96. The van der Waals surface area contributed by atoms with Gasteiger partial charge in [-0.3, -0.25) is 9.69 Å². The number of carbonyl (C=O) groups excluding carboxylic acids is 2.